The highest BCUT2D eigenvalue weighted by Crippen LogP contribution is 2.51. The summed E-state index contributed by atoms with van der Waals surface area (Å²) in [5, 5.41) is 9.95. The van der Waals surface area contributed by atoms with Gasteiger partial charge in [-0.1, -0.05) is 135 Å². The van der Waals surface area contributed by atoms with Crippen molar-refractivity contribution in [3.63, 3.8) is 0 Å². The summed E-state index contributed by atoms with van der Waals surface area (Å²) >= 11 is 0. The molecule has 0 N–H and O–H groups in total. The molecule has 0 amide bonds. The van der Waals surface area contributed by atoms with E-state index in [2.05, 4.69) is 164 Å². The Labute approximate surface area is 283 Å². The van der Waals surface area contributed by atoms with Gasteiger partial charge in [0.2, 0.25) is 0 Å². The lowest BCUT2D eigenvalue weighted by Gasteiger charge is -2.21. The zero-order valence-corrected chi connectivity index (χ0v) is 27.3. The van der Waals surface area contributed by atoms with Crippen LogP contribution in [0.1, 0.15) is 25.0 Å². The normalized spacial score (nSPS) is 13.7. The number of nitrogens with zero attached hydrogens (tertiary/aromatic N) is 1. The van der Waals surface area contributed by atoms with Gasteiger partial charge in [0.15, 0.2) is 0 Å². The molecule has 0 atom stereocenters. The molecule has 2 heterocycles. The van der Waals surface area contributed by atoms with Crippen LogP contribution in [0.2, 0.25) is 0 Å². The zero-order valence-electron chi connectivity index (χ0n) is 27.3. The summed E-state index contributed by atoms with van der Waals surface area (Å²) in [4.78, 5) is 0. The predicted molar refractivity (Wildman–Crippen MR) is 206 cm³/mol. The number of benzene rings is 8. The molecular formula is C47H31NO. The van der Waals surface area contributed by atoms with Crippen molar-refractivity contribution in [2.45, 2.75) is 19.3 Å². The van der Waals surface area contributed by atoms with Crippen molar-refractivity contribution in [2.75, 3.05) is 0 Å². The van der Waals surface area contributed by atoms with Crippen LogP contribution in [-0.4, -0.2) is 4.57 Å². The number of rotatable bonds is 2. The van der Waals surface area contributed by atoms with E-state index in [1.165, 1.54) is 65.6 Å². The average Bonchev–Trinajstić information content (AvgIpc) is 3.76. The van der Waals surface area contributed by atoms with Crippen LogP contribution in [0.15, 0.2) is 156 Å². The maximum atomic E-state index is 6.42. The van der Waals surface area contributed by atoms with Crippen molar-refractivity contribution < 1.29 is 4.42 Å². The summed E-state index contributed by atoms with van der Waals surface area (Å²) in [5.74, 6) is 0. The molecule has 0 saturated heterocycles. The van der Waals surface area contributed by atoms with Crippen molar-refractivity contribution in [2.24, 2.45) is 0 Å². The number of aromatic nitrogens is 1. The molecule has 10 aromatic rings. The molecule has 0 saturated carbocycles. The highest BCUT2D eigenvalue weighted by molar-refractivity contribution is 6.23. The number of furan rings is 1. The van der Waals surface area contributed by atoms with Gasteiger partial charge in [0.25, 0.3) is 0 Å². The van der Waals surface area contributed by atoms with Crippen LogP contribution in [0.4, 0.5) is 0 Å². The van der Waals surface area contributed by atoms with Crippen molar-refractivity contribution in [3.05, 3.63) is 163 Å². The first-order valence-corrected chi connectivity index (χ1v) is 17.1. The van der Waals surface area contributed by atoms with Crippen LogP contribution in [0.5, 0.6) is 0 Å². The molecular weight excluding hydrogens is 595 g/mol. The highest BCUT2D eigenvalue weighted by Gasteiger charge is 2.36. The molecule has 2 aromatic heterocycles. The summed E-state index contributed by atoms with van der Waals surface area (Å²) in [6.45, 7) is 4.73. The van der Waals surface area contributed by atoms with Crippen LogP contribution in [0.25, 0.3) is 93.2 Å². The van der Waals surface area contributed by atoms with Gasteiger partial charge in [-0.05, 0) is 74.3 Å². The van der Waals surface area contributed by atoms with Crippen LogP contribution < -0.4 is 0 Å². The Hall–Kier alpha value is -6.12. The van der Waals surface area contributed by atoms with Gasteiger partial charge >= 0.3 is 0 Å². The van der Waals surface area contributed by atoms with Gasteiger partial charge in [-0.3, -0.25) is 0 Å². The summed E-state index contributed by atoms with van der Waals surface area (Å²) < 4.78 is 8.93. The average molecular weight is 626 g/mol. The number of hydrogen-bond donors (Lipinski definition) is 0. The first-order chi connectivity index (χ1) is 24.1. The number of hydrogen-bond acceptors (Lipinski definition) is 1. The Kier molecular flexibility index (Phi) is 5.21. The second-order valence-corrected chi connectivity index (χ2v) is 14.1. The zero-order chi connectivity index (χ0) is 32.4. The monoisotopic (exact) mass is 625 g/mol. The molecule has 2 heteroatoms. The Balaban J connectivity index is 1.20. The Morgan fingerprint density at radius 2 is 1.16 bits per heavy atom. The molecule has 0 unspecified atom stereocenters. The third-order valence-electron chi connectivity index (χ3n) is 11.2. The van der Waals surface area contributed by atoms with Crippen molar-refractivity contribution in [3.8, 4) is 27.9 Å². The quantitative estimate of drug-likeness (QED) is 0.175. The van der Waals surface area contributed by atoms with Crippen LogP contribution in [0.3, 0.4) is 0 Å². The molecule has 0 aliphatic heterocycles. The molecule has 0 spiro atoms. The van der Waals surface area contributed by atoms with Crippen molar-refractivity contribution in [1.82, 2.24) is 4.57 Å². The smallest absolute Gasteiger partial charge is 0.143 e. The minimum Gasteiger partial charge on any atom is -0.455 e. The third kappa shape index (κ3) is 3.55. The van der Waals surface area contributed by atoms with Crippen molar-refractivity contribution in [1.29, 1.82) is 0 Å². The van der Waals surface area contributed by atoms with E-state index in [9.17, 15) is 0 Å². The van der Waals surface area contributed by atoms with E-state index in [0.717, 1.165) is 38.8 Å². The largest absolute Gasteiger partial charge is 0.455 e. The van der Waals surface area contributed by atoms with Crippen LogP contribution in [-0.2, 0) is 5.41 Å². The Bertz CT molecular complexity index is 3010. The fourth-order valence-electron chi connectivity index (χ4n) is 8.82. The van der Waals surface area contributed by atoms with E-state index in [1.807, 2.05) is 6.07 Å². The molecule has 0 fully saturated rings. The molecule has 1 aliphatic carbocycles. The first-order valence-electron chi connectivity index (χ1n) is 17.1. The van der Waals surface area contributed by atoms with Gasteiger partial charge in [-0.25, -0.2) is 0 Å². The molecule has 0 bridgehead atoms. The Morgan fingerprint density at radius 3 is 2.06 bits per heavy atom. The molecule has 2 nitrogen and oxygen atoms in total. The minimum absolute atomic E-state index is 0.0885. The summed E-state index contributed by atoms with van der Waals surface area (Å²) in [5.41, 5.74) is 13.1. The van der Waals surface area contributed by atoms with Gasteiger partial charge in [-0.2, -0.15) is 0 Å². The highest BCUT2D eigenvalue weighted by atomic mass is 16.3. The fourth-order valence-corrected chi connectivity index (χ4v) is 8.82. The molecule has 8 aromatic carbocycles. The van der Waals surface area contributed by atoms with E-state index in [4.69, 9.17) is 4.42 Å². The molecule has 1 aliphatic rings. The van der Waals surface area contributed by atoms with Gasteiger partial charge in [0, 0.05) is 43.6 Å². The number of fused-ring (bicyclic) bond motifs is 13. The summed E-state index contributed by atoms with van der Waals surface area (Å²) in [6, 6.07) is 55.7. The van der Waals surface area contributed by atoms with E-state index < -0.39 is 0 Å². The van der Waals surface area contributed by atoms with Crippen LogP contribution in [0, 0.1) is 0 Å². The second kappa shape index (κ2) is 9.49. The lowest BCUT2D eigenvalue weighted by atomic mass is 9.82. The minimum atomic E-state index is -0.0885. The van der Waals surface area contributed by atoms with Gasteiger partial charge in [0.05, 0.1) is 11.0 Å². The van der Waals surface area contributed by atoms with Gasteiger partial charge in [-0.15, -0.1) is 0 Å². The lowest BCUT2D eigenvalue weighted by Crippen LogP contribution is -2.14. The topological polar surface area (TPSA) is 18.1 Å². The molecule has 0 radical (unpaired) electrons. The molecule has 230 valence electrons. The van der Waals surface area contributed by atoms with E-state index in [1.54, 1.807) is 0 Å². The Morgan fingerprint density at radius 1 is 0.469 bits per heavy atom. The number of para-hydroxylation sites is 2. The van der Waals surface area contributed by atoms with Gasteiger partial charge < -0.3 is 8.98 Å². The van der Waals surface area contributed by atoms with Gasteiger partial charge in [0.1, 0.15) is 11.2 Å². The SMILES string of the molecule is CC1(C)c2ccccc2-c2cc3c4ccc5c6ccccc6ccc5c4n(-c4ccc(-c5cccc6c5oc5ccccc56)cc4)c3cc21. The van der Waals surface area contributed by atoms with Crippen LogP contribution >= 0.6 is 0 Å². The van der Waals surface area contributed by atoms with Crippen molar-refractivity contribution >= 4 is 65.3 Å². The predicted octanol–water partition coefficient (Wildman–Crippen LogP) is 13.0. The second-order valence-electron chi connectivity index (χ2n) is 14.1. The maximum absolute atomic E-state index is 6.42. The van der Waals surface area contributed by atoms with E-state index >= 15 is 0 Å². The first kappa shape index (κ1) is 26.9. The maximum Gasteiger partial charge on any atom is 0.143 e. The fraction of sp³-hybridized carbons (Fsp3) is 0.0638. The lowest BCUT2D eigenvalue weighted by molar-refractivity contribution is 0.661. The molecule has 49 heavy (non-hydrogen) atoms. The molecule has 11 rings (SSSR count). The summed E-state index contributed by atoms with van der Waals surface area (Å²) in [7, 11) is 0. The van der Waals surface area contributed by atoms with E-state index in [0.29, 0.717) is 0 Å². The summed E-state index contributed by atoms with van der Waals surface area (Å²) in [6.07, 6.45) is 0. The third-order valence-corrected chi connectivity index (χ3v) is 11.2. The standard InChI is InChI=1S/C47H31NO/c1-47(2)41-16-7-5-12-34(41)39-26-40-37-25-24-33-31-11-4-3-10-28(31)20-23-36(33)45(37)48(43(40)27-42(39)47)30-21-18-29(19-22-30)32-14-9-15-38-35-13-6-8-17-44(35)49-46(32)38/h3-27H,1-2H3. The van der Waals surface area contributed by atoms with E-state index in [-0.39, 0.29) is 5.41 Å².